The molecule has 2 fully saturated rings. The van der Waals surface area contributed by atoms with E-state index in [1.807, 2.05) is 31.8 Å². The molecule has 7 heteroatoms. The van der Waals surface area contributed by atoms with Crippen LogP contribution in [0.25, 0.3) is 11.0 Å². The van der Waals surface area contributed by atoms with E-state index in [0.717, 1.165) is 35.5 Å². The minimum atomic E-state index is -0.501. The topological polar surface area (TPSA) is 76.3 Å². The molecular weight excluding hydrogens is 318 g/mol. The number of β-amino-alcohol motifs (C(OH)–C–C–N with tert-alkyl or cyclic N) is 1. The first-order valence-corrected chi connectivity index (χ1v) is 9.31. The smallest absolute Gasteiger partial charge is 0.163 e. The molecule has 2 aromatic heterocycles. The molecular formula is C18H27N5O2. The number of hydrogen-bond donors (Lipinski definition) is 1. The van der Waals surface area contributed by atoms with Crippen LogP contribution in [0.3, 0.4) is 0 Å². The molecule has 4 rings (SSSR count). The number of rotatable bonds is 4. The Bertz CT molecular complexity index is 753. The van der Waals surface area contributed by atoms with E-state index in [-0.39, 0.29) is 12.2 Å². The van der Waals surface area contributed by atoms with Crippen molar-refractivity contribution in [1.29, 1.82) is 0 Å². The molecule has 136 valence electrons. The summed E-state index contributed by atoms with van der Waals surface area (Å²) in [5.74, 6) is 2.24. The van der Waals surface area contributed by atoms with Crippen molar-refractivity contribution in [2.24, 2.45) is 7.05 Å². The van der Waals surface area contributed by atoms with E-state index in [0.29, 0.717) is 19.0 Å². The molecule has 0 amide bonds. The number of fused-ring (bicyclic) bond motifs is 1. The van der Waals surface area contributed by atoms with Crippen molar-refractivity contribution >= 4 is 16.9 Å². The van der Waals surface area contributed by atoms with Crippen LogP contribution in [0.4, 0.5) is 5.82 Å². The van der Waals surface area contributed by atoms with Gasteiger partial charge < -0.3 is 14.7 Å². The SMILES string of the molecule is CC(C)O[C@H]1CN(c2nc(C3CCCC3)nc3c2cnn3C)C[C@@H]1O. The van der Waals surface area contributed by atoms with Gasteiger partial charge in [0.15, 0.2) is 5.65 Å². The maximum atomic E-state index is 10.4. The van der Waals surface area contributed by atoms with Gasteiger partial charge in [0.25, 0.3) is 0 Å². The Morgan fingerprint density at radius 2 is 1.96 bits per heavy atom. The van der Waals surface area contributed by atoms with Crippen molar-refractivity contribution in [3.8, 4) is 0 Å². The van der Waals surface area contributed by atoms with Crippen LogP contribution >= 0.6 is 0 Å². The van der Waals surface area contributed by atoms with Gasteiger partial charge in [0.2, 0.25) is 0 Å². The van der Waals surface area contributed by atoms with Gasteiger partial charge in [-0.1, -0.05) is 12.8 Å². The van der Waals surface area contributed by atoms with Crippen LogP contribution in [0, 0.1) is 0 Å². The van der Waals surface area contributed by atoms with Crippen molar-refractivity contribution in [3.63, 3.8) is 0 Å². The van der Waals surface area contributed by atoms with Gasteiger partial charge in [-0.3, -0.25) is 4.68 Å². The summed E-state index contributed by atoms with van der Waals surface area (Å²) in [6.07, 6.45) is 6.05. The highest BCUT2D eigenvalue weighted by molar-refractivity contribution is 5.87. The van der Waals surface area contributed by atoms with Crippen LogP contribution in [-0.4, -0.2) is 56.3 Å². The van der Waals surface area contributed by atoms with E-state index in [1.54, 1.807) is 0 Å². The molecule has 1 aliphatic heterocycles. The quantitative estimate of drug-likeness (QED) is 0.913. The van der Waals surface area contributed by atoms with Gasteiger partial charge in [-0.05, 0) is 26.7 Å². The number of nitrogens with zero attached hydrogens (tertiary/aromatic N) is 5. The summed E-state index contributed by atoms with van der Waals surface area (Å²) < 4.78 is 7.68. The number of aryl methyl sites for hydroxylation is 1. The zero-order chi connectivity index (χ0) is 17.6. The molecule has 2 aromatic rings. The molecule has 0 spiro atoms. The molecule has 7 nitrogen and oxygen atoms in total. The van der Waals surface area contributed by atoms with Crippen molar-refractivity contribution < 1.29 is 9.84 Å². The minimum absolute atomic E-state index is 0.0949. The minimum Gasteiger partial charge on any atom is -0.388 e. The van der Waals surface area contributed by atoms with Gasteiger partial charge in [-0.25, -0.2) is 9.97 Å². The Labute approximate surface area is 148 Å². The van der Waals surface area contributed by atoms with E-state index < -0.39 is 6.10 Å². The zero-order valence-electron chi connectivity index (χ0n) is 15.2. The highest BCUT2D eigenvalue weighted by Gasteiger charge is 2.35. The van der Waals surface area contributed by atoms with Gasteiger partial charge in [-0.2, -0.15) is 5.10 Å². The van der Waals surface area contributed by atoms with Gasteiger partial charge in [0.05, 0.1) is 23.8 Å². The average molecular weight is 345 g/mol. The Morgan fingerprint density at radius 1 is 1.20 bits per heavy atom. The monoisotopic (exact) mass is 345 g/mol. The molecule has 1 saturated heterocycles. The summed E-state index contributed by atoms with van der Waals surface area (Å²) >= 11 is 0. The van der Waals surface area contributed by atoms with Crippen LogP contribution in [0.2, 0.25) is 0 Å². The van der Waals surface area contributed by atoms with Gasteiger partial charge in [0.1, 0.15) is 17.7 Å². The van der Waals surface area contributed by atoms with Crippen LogP contribution in [0.1, 0.15) is 51.3 Å². The van der Waals surface area contributed by atoms with Crippen LogP contribution in [0.5, 0.6) is 0 Å². The van der Waals surface area contributed by atoms with Gasteiger partial charge in [-0.15, -0.1) is 0 Å². The third-order valence-electron chi connectivity index (χ3n) is 5.29. The predicted octanol–water partition coefficient (Wildman–Crippen LogP) is 2.00. The summed E-state index contributed by atoms with van der Waals surface area (Å²) in [4.78, 5) is 11.9. The Morgan fingerprint density at radius 3 is 2.68 bits per heavy atom. The number of anilines is 1. The van der Waals surface area contributed by atoms with E-state index >= 15 is 0 Å². The number of ether oxygens (including phenoxy) is 1. The molecule has 1 N–H and O–H groups in total. The molecule has 0 radical (unpaired) electrons. The molecule has 1 aliphatic carbocycles. The van der Waals surface area contributed by atoms with Crippen molar-refractivity contribution in [3.05, 3.63) is 12.0 Å². The lowest BCUT2D eigenvalue weighted by Gasteiger charge is -2.20. The second-order valence-electron chi connectivity index (χ2n) is 7.59. The second kappa shape index (κ2) is 6.53. The van der Waals surface area contributed by atoms with Crippen LogP contribution in [0.15, 0.2) is 6.20 Å². The van der Waals surface area contributed by atoms with E-state index in [2.05, 4.69) is 10.00 Å². The zero-order valence-corrected chi connectivity index (χ0v) is 15.2. The first-order valence-electron chi connectivity index (χ1n) is 9.31. The van der Waals surface area contributed by atoms with Crippen molar-refractivity contribution in [2.75, 3.05) is 18.0 Å². The van der Waals surface area contributed by atoms with Gasteiger partial charge in [0, 0.05) is 26.1 Å². The molecule has 0 aromatic carbocycles. The average Bonchev–Trinajstić information content (AvgIpc) is 3.29. The molecule has 25 heavy (non-hydrogen) atoms. The number of aromatic nitrogens is 4. The normalized spacial score (nSPS) is 24.9. The highest BCUT2D eigenvalue weighted by atomic mass is 16.5. The van der Waals surface area contributed by atoms with Crippen molar-refractivity contribution in [1.82, 2.24) is 19.7 Å². The summed E-state index contributed by atoms with van der Waals surface area (Å²) in [5.41, 5.74) is 0.870. The molecule has 1 saturated carbocycles. The molecule has 2 atom stereocenters. The number of aliphatic hydroxyl groups is 1. The highest BCUT2D eigenvalue weighted by Crippen LogP contribution is 2.35. The standard InChI is InChI=1S/C18H27N5O2/c1-11(2)25-15-10-23(9-14(15)24)18-13-8-19-22(3)17(13)20-16(21-18)12-6-4-5-7-12/h8,11-12,14-15,24H,4-7,9-10H2,1-3H3/t14-,15-/m0/s1. The predicted molar refractivity (Wildman–Crippen MR) is 95.7 cm³/mol. The molecule has 2 aliphatic rings. The lowest BCUT2D eigenvalue weighted by atomic mass is 10.1. The second-order valence-corrected chi connectivity index (χ2v) is 7.59. The Kier molecular flexibility index (Phi) is 4.37. The summed E-state index contributed by atoms with van der Waals surface area (Å²) in [7, 11) is 1.92. The van der Waals surface area contributed by atoms with E-state index in [9.17, 15) is 5.11 Å². The van der Waals surface area contributed by atoms with Crippen LogP contribution in [-0.2, 0) is 11.8 Å². The van der Waals surface area contributed by atoms with Gasteiger partial charge >= 0.3 is 0 Å². The molecule has 3 heterocycles. The third kappa shape index (κ3) is 3.11. The lowest BCUT2D eigenvalue weighted by Crippen LogP contribution is -2.29. The fourth-order valence-corrected chi connectivity index (χ4v) is 4.04. The molecule has 0 bridgehead atoms. The largest absolute Gasteiger partial charge is 0.388 e. The lowest BCUT2D eigenvalue weighted by molar-refractivity contribution is -0.0386. The first-order chi connectivity index (χ1) is 12.0. The van der Waals surface area contributed by atoms with Crippen LogP contribution < -0.4 is 4.90 Å². The van der Waals surface area contributed by atoms with Crippen molar-refractivity contribution in [2.45, 2.75) is 63.8 Å². The Balaban J connectivity index is 1.71. The maximum absolute atomic E-state index is 10.4. The fraction of sp³-hybridized carbons (Fsp3) is 0.722. The van der Waals surface area contributed by atoms with E-state index in [1.165, 1.54) is 12.8 Å². The summed E-state index contributed by atoms with van der Waals surface area (Å²) in [5, 5.41) is 15.7. The van der Waals surface area contributed by atoms with E-state index in [4.69, 9.17) is 14.7 Å². The number of hydrogen-bond acceptors (Lipinski definition) is 6. The summed E-state index contributed by atoms with van der Waals surface area (Å²) in [6, 6.07) is 0. The number of aliphatic hydroxyl groups excluding tert-OH is 1. The third-order valence-corrected chi connectivity index (χ3v) is 5.29. The fourth-order valence-electron chi connectivity index (χ4n) is 4.04. The molecule has 0 unspecified atom stereocenters. The first kappa shape index (κ1) is 16.7. The summed E-state index contributed by atoms with van der Waals surface area (Å²) in [6.45, 7) is 5.17. The maximum Gasteiger partial charge on any atom is 0.163 e. The Hall–Kier alpha value is -1.73.